The zero-order valence-electron chi connectivity index (χ0n) is 15.0. The predicted octanol–water partition coefficient (Wildman–Crippen LogP) is 1.93. The Labute approximate surface area is 164 Å². The molecule has 9 nitrogen and oxygen atoms in total. The van der Waals surface area contributed by atoms with E-state index in [2.05, 4.69) is 15.2 Å². The van der Waals surface area contributed by atoms with Crippen molar-refractivity contribution in [1.82, 2.24) is 19.4 Å². The number of para-hydroxylation sites is 2. The highest BCUT2D eigenvalue weighted by Gasteiger charge is 2.11. The summed E-state index contributed by atoms with van der Waals surface area (Å²) in [6, 6.07) is 16.2. The summed E-state index contributed by atoms with van der Waals surface area (Å²) in [5.41, 5.74) is 1.37. The van der Waals surface area contributed by atoms with Crippen LogP contribution in [0.1, 0.15) is 5.56 Å². The molecule has 2 aromatic heterocycles. The lowest BCUT2D eigenvalue weighted by Crippen LogP contribution is -2.17. The summed E-state index contributed by atoms with van der Waals surface area (Å²) in [6.07, 6.45) is 4.17. The quantitative estimate of drug-likeness (QED) is 0.504. The molecular weight excluding hydrogens is 374 g/mol. The van der Waals surface area contributed by atoms with Crippen molar-refractivity contribution >= 4 is 23.2 Å². The average Bonchev–Trinajstić information content (AvgIpc) is 3.18. The molecule has 29 heavy (non-hydrogen) atoms. The van der Waals surface area contributed by atoms with E-state index in [0.29, 0.717) is 22.3 Å². The molecule has 0 fully saturated rings. The first-order valence-electron chi connectivity index (χ1n) is 8.62. The topological polar surface area (TPSA) is 112 Å². The highest BCUT2D eigenvalue weighted by atomic mass is 16.5. The van der Waals surface area contributed by atoms with Crippen LogP contribution in [-0.2, 0) is 4.79 Å². The van der Waals surface area contributed by atoms with Crippen molar-refractivity contribution in [3.8, 4) is 11.4 Å². The molecule has 9 heteroatoms. The number of rotatable bonds is 6. The molecule has 2 heterocycles. The Bertz CT molecular complexity index is 1260. The number of aliphatic carboxylic acids is 1. The molecular formula is C20H15N5O4. The van der Waals surface area contributed by atoms with Crippen LogP contribution in [0.4, 0.5) is 0 Å². The van der Waals surface area contributed by atoms with Crippen LogP contribution in [-0.4, -0.2) is 43.3 Å². The molecule has 0 bridgehead atoms. The second kappa shape index (κ2) is 7.77. The van der Waals surface area contributed by atoms with Crippen molar-refractivity contribution in [2.75, 3.05) is 6.61 Å². The number of aromatic nitrogens is 4. The van der Waals surface area contributed by atoms with E-state index < -0.39 is 12.6 Å². The summed E-state index contributed by atoms with van der Waals surface area (Å²) in [5.74, 6) is -0.740. The molecule has 2 aromatic carbocycles. The second-order valence-electron chi connectivity index (χ2n) is 5.99. The highest BCUT2D eigenvalue weighted by Crippen LogP contribution is 2.16. The van der Waals surface area contributed by atoms with E-state index in [9.17, 15) is 9.59 Å². The smallest absolute Gasteiger partial charge is 0.341 e. The van der Waals surface area contributed by atoms with Gasteiger partial charge in [-0.25, -0.2) is 14.5 Å². The minimum atomic E-state index is -1.09. The third-order valence-corrected chi connectivity index (χ3v) is 4.06. The van der Waals surface area contributed by atoms with Gasteiger partial charge >= 0.3 is 5.97 Å². The zero-order valence-corrected chi connectivity index (χ0v) is 15.0. The lowest BCUT2D eigenvalue weighted by atomic mass is 10.2. The zero-order chi connectivity index (χ0) is 20.2. The van der Waals surface area contributed by atoms with E-state index in [1.807, 2.05) is 30.3 Å². The Morgan fingerprint density at radius 3 is 2.69 bits per heavy atom. The highest BCUT2D eigenvalue weighted by molar-refractivity contribution is 5.84. The van der Waals surface area contributed by atoms with Crippen LogP contribution in [0.15, 0.2) is 77.0 Å². The normalized spacial score (nSPS) is 11.2. The maximum absolute atomic E-state index is 12.7. The Morgan fingerprint density at radius 1 is 1.14 bits per heavy atom. The van der Waals surface area contributed by atoms with Crippen LogP contribution >= 0.6 is 0 Å². The van der Waals surface area contributed by atoms with Crippen LogP contribution in [0.3, 0.4) is 0 Å². The first kappa shape index (κ1) is 18.1. The fourth-order valence-corrected chi connectivity index (χ4v) is 2.73. The maximum atomic E-state index is 12.7. The van der Waals surface area contributed by atoms with Gasteiger partial charge in [0, 0.05) is 5.56 Å². The number of nitrogens with zero attached hydrogens (tertiary/aromatic N) is 5. The van der Waals surface area contributed by atoms with Gasteiger partial charge in [0.1, 0.15) is 17.5 Å². The molecule has 0 radical (unpaired) electrons. The van der Waals surface area contributed by atoms with Gasteiger partial charge in [-0.05, 0) is 24.3 Å². The van der Waals surface area contributed by atoms with Crippen molar-refractivity contribution in [3.05, 3.63) is 83.0 Å². The summed E-state index contributed by atoms with van der Waals surface area (Å²) in [4.78, 5) is 27.8. The largest absolute Gasteiger partial charge is 0.481 e. The van der Waals surface area contributed by atoms with Gasteiger partial charge in [0.2, 0.25) is 0 Å². The number of hydrogen-bond acceptors (Lipinski definition) is 6. The van der Waals surface area contributed by atoms with Crippen molar-refractivity contribution in [2.45, 2.75) is 0 Å². The number of benzene rings is 2. The summed E-state index contributed by atoms with van der Waals surface area (Å²) >= 11 is 0. The van der Waals surface area contributed by atoms with E-state index in [0.717, 1.165) is 10.4 Å². The van der Waals surface area contributed by atoms with Crippen LogP contribution < -0.4 is 10.3 Å². The van der Waals surface area contributed by atoms with Crippen molar-refractivity contribution < 1.29 is 14.6 Å². The van der Waals surface area contributed by atoms with Crippen molar-refractivity contribution in [2.24, 2.45) is 5.10 Å². The molecule has 144 valence electrons. The first-order chi connectivity index (χ1) is 14.1. The summed E-state index contributed by atoms with van der Waals surface area (Å²) < 4.78 is 7.91. The SMILES string of the molecule is O=C(O)COc1ccccc1/C=N\n1cnc2c(cnn2-c2ccccc2)c1=O. The number of carboxylic acids is 1. The number of hydrogen-bond donors (Lipinski definition) is 1. The molecule has 0 amide bonds. The fourth-order valence-electron chi connectivity index (χ4n) is 2.73. The predicted molar refractivity (Wildman–Crippen MR) is 106 cm³/mol. The molecule has 1 N–H and O–H groups in total. The lowest BCUT2D eigenvalue weighted by molar-refractivity contribution is -0.139. The van der Waals surface area contributed by atoms with Gasteiger partial charge in [0.25, 0.3) is 5.56 Å². The van der Waals surface area contributed by atoms with E-state index in [1.165, 1.54) is 18.7 Å². The molecule has 0 atom stereocenters. The molecule has 0 aliphatic rings. The summed E-state index contributed by atoms with van der Waals surface area (Å²) in [5, 5.41) is 17.5. The molecule has 4 aromatic rings. The molecule has 0 saturated carbocycles. The van der Waals surface area contributed by atoms with Gasteiger partial charge in [0.15, 0.2) is 12.3 Å². The number of fused-ring (bicyclic) bond motifs is 1. The fraction of sp³-hybridized carbons (Fsp3) is 0.0500. The van der Waals surface area contributed by atoms with Gasteiger partial charge in [0.05, 0.1) is 18.1 Å². The van der Waals surface area contributed by atoms with Gasteiger partial charge < -0.3 is 9.84 Å². The summed E-state index contributed by atoms with van der Waals surface area (Å²) in [6.45, 7) is -0.475. The van der Waals surface area contributed by atoms with Gasteiger partial charge in [-0.15, -0.1) is 0 Å². The van der Waals surface area contributed by atoms with Crippen molar-refractivity contribution in [1.29, 1.82) is 0 Å². The third-order valence-electron chi connectivity index (χ3n) is 4.06. The van der Waals surface area contributed by atoms with Gasteiger partial charge in [-0.2, -0.15) is 14.9 Å². The monoisotopic (exact) mass is 389 g/mol. The van der Waals surface area contributed by atoms with Gasteiger partial charge in [-0.1, -0.05) is 30.3 Å². The molecule has 0 spiro atoms. The first-order valence-corrected chi connectivity index (χ1v) is 8.62. The number of ether oxygens (including phenoxy) is 1. The molecule has 0 unspecified atom stereocenters. The molecule has 0 aliphatic heterocycles. The molecule has 4 rings (SSSR count). The van der Waals surface area contributed by atoms with Crippen LogP contribution in [0.2, 0.25) is 0 Å². The van der Waals surface area contributed by atoms with Gasteiger partial charge in [-0.3, -0.25) is 4.79 Å². The Balaban J connectivity index is 1.67. The standard InChI is InChI=1S/C20H15N5O4/c26-18(27)12-29-17-9-5-4-6-14(17)10-22-24-13-21-19-16(20(24)28)11-23-25(19)15-7-2-1-3-8-15/h1-11,13H,12H2,(H,26,27)/b22-10-. The van der Waals surface area contributed by atoms with Crippen LogP contribution in [0.5, 0.6) is 5.75 Å². The van der Waals surface area contributed by atoms with E-state index in [-0.39, 0.29) is 5.56 Å². The van der Waals surface area contributed by atoms with E-state index >= 15 is 0 Å². The lowest BCUT2D eigenvalue weighted by Gasteiger charge is -2.06. The second-order valence-corrected chi connectivity index (χ2v) is 5.99. The Hall–Kier alpha value is -4.27. The van der Waals surface area contributed by atoms with Crippen LogP contribution in [0.25, 0.3) is 16.7 Å². The molecule has 0 saturated heterocycles. The minimum absolute atomic E-state index is 0.323. The van der Waals surface area contributed by atoms with Crippen molar-refractivity contribution in [3.63, 3.8) is 0 Å². The third kappa shape index (κ3) is 3.74. The summed E-state index contributed by atoms with van der Waals surface area (Å²) in [7, 11) is 0. The molecule has 0 aliphatic carbocycles. The average molecular weight is 389 g/mol. The van der Waals surface area contributed by atoms with Crippen LogP contribution in [0, 0.1) is 0 Å². The Kier molecular flexibility index (Phi) is 4.85. The van der Waals surface area contributed by atoms with E-state index in [1.54, 1.807) is 28.9 Å². The number of carbonyl (C=O) groups is 1. The maximum Gasteiger partial charge on any atom is 0.341 e. The Morgan fingerprint density at radius 2 is 1.90 bits per heavy atom. The van der Waals surface area contributed by atoms with E-state index in [4.69, 9.17) is 9.84 Å². The minimum Gasteiger partial charge on any atom is -0.481 e. The number of carboxylic acid groups (broad SMARTS) is 1.